The van der Waals surface area contributed by atoms with E-state index in [-0.39, 0.29) is 5.95 Å². The lowest BCUT2D eigenvalue weighted by Crippen LogP contribution is -1.96. The van der Waals surface area contributed by atoms with Gasteiger partial charge in [-0.2, -0.15) is 4.39 Å². The van der Waals surface area contributed by atoms with Crippen molar-refractivity contribution in [1.29, 1.82) is 0 Å². The summed E-state index contributed by atoms with van der Waals surface area (Å²) in [5.74, 6) is -0.318. The van der Waals surface area contributed by atoms with Crippen LogP contribution in [0.1, 0.15) is 102 Å². The third-order valence-corrected chi connectivity index (χ3v) is 7.01. The smallest absolute Gasteiger partial charge is 0.216 e. The van der Waals surface area contributed by atoms with Gasteiger partial charge in [0.1, 0.15) is 0 Å². The first kappa shape index (κ1) is 27.1. The van der Waals surface area contributed by atoms with Crippen molar-refractivity contribution in [2.45, 2.75) is 104 Å². The highest BCUT2D eigenvalue weighted by molar-refractivity contribution is 5.69. The van der Waals surface area contributed by atoms with Crippen molar-refractivity contribution in [2.75, 3.05) is 0 Å². The Hall–Kier alpha value is -2.48. The molecule has 0 aliphatic heterocycles. The second-order valence-electron chi connectivity index (χ2n) is 9.96. The normalized spacial score (nSPS) is 11.2. The fraction of sp³-hybridized carbons (Fsp3) is 0.485. The third-order valence-electron chi connectivity index (χ3n) is 7.01. The second kappa shape index (κ2) is 15.5. The maximum atomic E-state index is 14.6. The van der Waals surface area contributed by atoms with Crippen LogP contribution in [0.4, 0.5) is 4.39 Å². The summed E-state index contributed by atoms with van der Waals surface area (Å²) in [5, 5.41) is 0. The molecular formula is C33H44FN. The molecule has 0 saturated heterocycles. The average molecular weight is 474 g/mol. The Morgan fingerprint density at radius 3 is 1.57 bits per heavy atom. The molecule has 1 aromatic heterocycles. The van der Waals surface area contributed by atoms with E-state index in [0.29, 0.717) is 5.69 Å². The highest BCUT2D eigenvalue weighted by atomic mass is 19.1. The van der Waals surface area contributed by atoms with Crippen LogP contribution in [0, 0.1) is 5.95 Å². The van der Waals surface area contributed by atoms with Gasteiger partial charge in [0.2, 0.25) is 5.95 Å². The van der Waals surface area contributed by atoms with Crippen molar-refractivity contribution in [3.63, 3.8) is 0 Å². The van der Waals surface area contributed by atoms with Gasteiger partial charge in [-0.25, -0.2) is 4.98 Å². The monoisotopic (exact) mass is 473 g/mol. The lowest BCUT2D eigenvalue weighted by Gasteiger charge is -2.08. The first-order valence-corrected chi connectivity index (χ1v) is 14.1. The predicted molar refractivity (Wildman–Crippen MR) is 149 cm³/mol. The molecule has 0 bridgehead atoms. The Kier molecular flexibility index (Phi) is 12.0. The van der Waals surface area contributed by atoms with Gasteiger partial charge in [0.05, 0.1) is 5.69 Å². The molecule has 3 aromatic rings. The SMILES string of the molecule is CCCCCCCCc1ccc(-c2ccc(-c3ccc(CCCCCCCC)c(F)n3)cc2)cc1. The van der Waals surface area contributed by atoms with E-state index >= 15 is 0 Å². The van der Waals surface area contributed by atoms with Gasteiger partial charge in [0.15, 0.2) is 0 Å². The van der Waals surface area contributed by atoms with E-state index in [1.165, 1.54) is 87.3 Å². The van der Waals surface area contributed by atoms with E-state index < -0.39 is 0 Å². The van der Waals surface area contributed by atoms with Gasteiger partial charge in [0.25, 0.3) is 0 Å². The highest BCUT2D eigenvalue weighted by Gasteiger charge is 2.08. The van der Waals surface area contributed by atoms with Crippen molar-refractivity contribution in [3.8, 4) is 22.4 Å². The lowest BCUT2D eigenvalue weighted by molar-refractivity contribution is 0.553. The average Bonchev–Trinajstić information content (AvgIpc) is 2.89. The molecule has 0 aliphatic rings. The van der Waals surface area contributed by atoms with E-state index in [2.05, 4.69) is 67.4 Å². The van der Waals surface area contributed by atoms with Crippen LogP contribution in [0.2, 0.25) is 0 Å². The van der Waals surface area contributed by atoms with E-state index in [9.17, 15) is 4.39 Å². The maximum Gasteiger partial charge on any atom is 0.216 e. The Bertz CT molecular complexity index is 975. The molecule has 0 saturated carbocycles. The molecule has 0 radical (unpaired) electrons. The van der Waals surface area contributed by atoms with Crippen molar-refractivity contribution in [3.05, 3.63) is 77.7 Å². The summed E-state index contributed by atoms with van der Waals surface area (Å²) in [5.41, 5.74) is 6.22. The number of pyridine rings is 1. The summed E-state index contributed by atoms with van der Waals surface area (Å²) < 4.78 is 14.6. The fourth-order valence-electron chi connectivity index (χ4n) is 4.71. The van der Waals surface area contributed by atoms with Crippen LogP contribution >= 0.6 is 0 Å². The number of benzene rings is 2. The molecule has 0 aliphatic carbocycles. The maximum absolute atomic E-state index is 14.6. The van der Waals surface area contributed by atoms with Gasteiger partial charge in [-0.3, -0.25) is 0 Å². The lowest BCUT2D eigenvalue weighted by atomic mass is 9.99. The van der Waals surface area contributed by atoms with Crippen LogP contribution in [-0.2, 0) is 12.8 Å². The van der Waals surface area contributed by atoms with Crippen LogP contribution in [0.15, 0.2) is 60.7 Å². The van der Waals surface area contributed by atoms with Crippen molar-refractivity contribution < 1.29 is 4.39 Å². The molecule has 0 unspecified atom stereocenters. The van der Waals surface area contributed by atoms with Crippen LogP contribution in [0.3, 0.4) is 0 Å². The largest absolute Gasteiger partial charge is 0.219 e. The number of rotatable bonds is 16. The molecule has 0 N–H and O–H groups in total. The van der Waals surface area contributed by atoms with Crippen LogP contribution in [0.25, 0.3) is 22.4 Å². The number of hydrogen-bond donors (Lipinski definition) is 0. The molecule has 35 heavy (non-hydrogen) atoms. The number of aromatic nitrogens is 1. The van der Waals surface area contributed by atoms with Gasteiger partial charge in [-0.1, -0.05) is 133 Å². The van der Waals surface area contributed by atoms with Crippen LogP contribution in [0.5, 0.6) is 0 Å². The summed E-state index contributed by atoms with van der Waals surface area (Å²) in [7, 11) is 0. The zero-order valence-corrected chi connectivity index (χ0v) is 22.0. The zero-order valence-electron chi connectivity index (χ0n) is 22.0. The molecule has 3 rings (SSSR count). The Labute approximate surface area is 213 Å². The van der Waals surface area contributed by atoms with Crippen LogP contribution in [-0.4, -0.2) is 4.98 Å². The second-order valence-corrected chi connectivity index (χ2v) is 9.96. The molecule has 0 atom stereocenters. The highest BCUT2D eigenvalue weighted by Crippen LogP contribution is 2.25. The summed E-state index contributed by atoms with van der Waals surface area (Å²) in [6.45, 7) is 4.49. The summed E-state index contributed by atoms with van der Waals surface area (Å²) >= 11 is 0. The minimum atomic E-state index is -0.318. The number of aryl methyl sites for hydroxylation is 2. The zero-order chi connectivity index (χ0) is 24.7. The molecule has 2 heteroatoms. The van der Waals surface area contributed by atoms with Gasteiger partial charge in [-0.15, -0.1) is 0 Å². The topological polar surface area (TPSA) is 12.9 Å². The Morgan fingerprint density at radius 1 is 0.514 bits per heavy atom. The first-order chi connectivity index (χ1) is 17.2. The molecule has 0 amide bonds. The third kappa shape index (κ3) is 9.24. The summed E-state index contributed by atoms with van der Waals surface area (Å²) in [4.78, 5) is 4.27. The summed E-state index contributed by atoms with van der Waals surface area (Å²) in [6, 6.07) is 21.2. The number of hydrogen-bond acceptors (Lipinski definition) is 1. The Morgan fingerprint density at radius 2 is 1.00 bits per heavy atom. The number of unbranched alkanes of at least 4 members (excludes halogenated alkanes) is 10. The Balaban J connectivity index is 1.50. The molecule has 0 spiro atoms. The molecule has 1 heterocycles. The van der Waals surface area contributed by atoms with E-state index in [0.717, 1.165) is 30.4 Å². The fourth-order valence-corrected chi connectivity index (χ4v) is 4.71. The van der Waals surface area contributed by atoms with Crippen LogP contribution < -0.4 is 0 Å². The predicted octanol–water partition coefficient (Wildman–Crippen LogP) is 10.4. The number of nitrogens with zero attached hydrogens (tertiary/aromatic N) is 1. The van der Waals surface area contributed by atoms with Gasteiger partial charge < -0.3 is 0 Å². The first-order valence-electron chi connectivity index (χ1n) is 14.1. The minimum Gasteiger partial charge on any atom is -0.219 e. The number of halogens is 1. The van der Waals surface area contributed by atoms with Gasteiger partial charge in [0, 0.05) is 11.1 Å². The molecule has 188 valence electrons. The van der Waals surface area contributed by atoms with E-state index in [1.807, 2.05) is 12.1 Å². The van der Waals surface area contributed by atoms with Crippen molar-refractivity contribution in [2.24, 2.45) is 0 Å². The standard InChI is InChI=1S/C33H44FN/c1-3-5-7-9-11-13-15-27-17-19-28(20-18-27)29-21-23-30(24-22-29)32-26-25-31(33(34)35-32)16-14-12-10-8-6-4-2/h17-26H,3-16H2,1-2H3. The summed E-state index contributed by atoms with van der Waals surface area (Å²) in [6.07, 6.45) is 17.2. The molecule has 1 nitrogen and oxygen atoms in total. The molecule has 2 aromatic carbocycles. The van der Waals surface area contributed by atoms with Crippen molar-refractivity contribution >= 4 is 0 Å². The molecule has 0 fully saturated rings. The van der Waals surface area contributed by atoms with E-state index in [4.69, 9.17) is 0 Å². The molecular weight excluding hydrogens is 429 g/mol. The quantitative estimate of drug-likeness (QED) is 0.149. The van der Waals surface area contributed by atoms with Gasteiger partial charge in [-0.05, 0) is 48.4 Å². The van der Waals surface area contributed by atoms with E-state index in [1.54, 1.807) is 0 Å². The minimum absolute atomic E-state index is 0.318. The van der Waals surface area contributed by atoms with Gasteiger partial charge >= 0.3 is 0 Å². The van der Waals surface area contributed by atoms with Crippen molar-refractivity contribution in [1.82, 2.24) is 4.98 Å².